The molecule has 2 heterocycles. The molecule has 0 spiro atoms. The molecule has 4 aliphatic rings. The Morgan fingerprint density at radius 2 is 1.81 bits per heavy atom. The van der Waals surface area contributed by atoms with Crippen molar-refractivity contribution in [3.05, 3.63) is 42.0 Å². The van der Waals surface area contributed by atoms with Gasteiger partial charge in [0.15, 0.2) is 0 Å². The zero-order chi connectivity index (χ0) is 29.9. The second-order valence-corrected chi connectivity index (χ2v) is 13.8. The monoisotopic (exact) mass is 600 g/mol. The van der Waals surface area contributed by atoms with Crippen LogP contribution in [-0.4, -0.2) is 73.5 Å². The van der Waals surface area contributed by atoms with Crippen molar-refractivity contribution in [2.24, 2.45) is 5.92 Å². The zero-order valence-corrected chi connectivity index (χ0v) is 24.8. The van der Waals surface area contributed by atoms with Crippen LogP contribution in [0.2, 0.25) is 0 Å². The summed E-state index contributed by atoms with van der Waals surface area (Å²) in [5.41, 5.74) is -0.576. The van der Waals surface area contributed by atoms with Gasteiger partial charge in [-0.25, -0.2) is 8.42 Å². The van der Waals surface area contributed by atoms with Crippen molar-refractivity contribution in [1.82, 2.24) is 20.3 Å². The Morgan fingerprint density at radius 3 is 2.52 bits per heavy atom. The van der Waals surface area contributed by atoms with Gasteiger partial charge in [0.1, 0.15) is 23.4 Å². The van der Waals surface area contributed by atoms with Crippen LogP contribution in [0.3, 0.4) is 0 Å². The van der Waals surface area contributed by atoms with Gasteiger partial charge in [-0.2, -0.15) is 0 Å². The first kappa shape index (κ1) is 30.1. The summed E-state index contributed by atoms with van der Waals surface area (Å²) < 4.78 is 32.4. The zero-order valence-electron chi connectivity index (χ0n) is 24.0. The Kier molecular flexibility index (Phi) is 8.91. The van der Waals surface area contributed by atoms with E-state index in [-0.39, 0.29) is 24.2 Å². The van der Waals surface area contributed by atoms with Crippen LogP contribution in [0.1, 0.15) is 69.8 Å². The van der Waals surface area contributed by atoms with Gasteiger partial charge in [-0.05, 0) is 69.1 Å². The lowest BCUT2D eigenvalue weighted by molar-refractivity contribution is -0.142. The van der Waals surface area contributed by atoms with E-state index in [0.717, 1.165) is 31.2 Å². The van der Waals surface area contributed by atoms with Crippen molar-refractivity contribution >= 4 is 33.7 Å². The molecule has 0 radical (unpaired) electrons. The van der Waals surface area contributed by atoms with Gasteiger partial charge in [0, 0.05) is 12.5 Å². The maximum atomic E-state index is 13.8. The lowest BCUT2D eigenvalue weighted by Crippen LogP contribution is -2.58. The number of nitrogens with one attached hydrogen (secondary N) is 3. The number of nitrogens with zero attached hydrogens (tertiary/aromatic N) is 1. The van der Waals surface area contributed by atoms with E-state index in [4.69, 9.17) is 4.74 Å². The van der Waals surface area contributed by atoms with Gasteiger partial charge in [0.2, 0.25) is 27.7 Å². The van der Waals surface area contributed by atoms with Gasteiger partial charge >= 0.3 is 0 Å². The number of carbonyl (C=O) groups is 4. The maximum absolute atomic E-state index is 13.8. The Bertz CT molecular complexity index is 1340. The van der Waals surface area contributed by atoms with E-state index in [1.54, 1.807) is 31.4 Å². The lowest BCUT2D eigenvalue weighted by Gasteiger charge is -2.30. The molecule has 42 heavy (non-hydrogen) atoms. The number of rotatable bonds is 7. The fourth-order valence-corrected chi connectivity index (χ4v) is 7.31. The summed E-state index contributed by atoms with van der Waals surface area (Å²) in [6.45, 7) is 0.361. The molecular formula is C30H40N4O7S. The van der Waals surface area contributed by atoms with Gasteiger partial charge < -0.3 is 20.3 Å². The first-order valence-corrected chi connectivity index (χ1v) is 16.4. The number of methoxy groups -OCH3 is 1. The minimum atomic E-state index is -3.79. The standard InChI is InChI=1S/C30H40N4O7S/c1-41-22-13-11-20(12-14-22)18-26(35)31-24-9-6-4-2-3-5-8-21-19-30(21,29(38)33-42(39,40)23-15-16-23)32-27(36)25-10-7-17-34(25)28(24)37/h5,8,11-14,21,23-25H,2-4,6-7,9-10,15-19H2,1H3,(H,31,35)(H,32,36)(H,33,38)/b8-5-/t21-,24+,25+,30-/m1/s1. The topological polar surface area (TPSA) is 151 Å². The highest BCUT2D eigenvalue weighted by atomic mass is 32.2. The van der Waals surface area contributed by atoms with Crippen molar-refractivity contribution in [2.45, 2.75) is 93.5 Å². The predicted octanol–water partition coefficient (Wildman–Crippen LogP) is 1.72. The Morgan fingerprint density at radius 1 is 1.05 bits per heavy atom. The van der Waals surface area contributed by atoms with Gasteiger partial charge in [-0.15, -0.1) is 0 Å². The minimum absolute atomic E-state index is 0.102. The molecule has 0 aromatic heterocycles. The average Bonchev–Trinajstić information content (AvgIpc) is 3.88. The van der Waals surface area contributed by atoms with Crippen molar-refractivity contribution in [3.8, 4) is 5.75 Å². The molecule has 2 aliphatic carbocycles. The molecule has 1 saturated heterocycles. The summed E-state index contributed by atoms with van der Waals surface area (Å²) in [5.74, 6) is -1.43. The second kappa shape index (κ2) is 12.4. The number of carbonyl (C=O) groups excluding carboxylic acids is 4. The summed E-state index contributed by atoms with van der Waals surface area (Å²) in [6.07, 6.45) is 9.96. The van der Waals surface area contributed by atoms with E-state index in [9.17, 15) is 27.6 Å². The van der Waals surface area contributed by atoms with Gasteiger partial charge in [-0.3, -0.25) is 23.9 Å². The summed E-state index contributed by atoms with van der Waals surface area (Å²) >= 11 is 0. The van der Waals surface area contributed by atoms with Gasteiger partial charge in [0.05, 0.1) is 18.8 Å². The highest BCUT2D eigenvalue weighted by Crippen LogP contribution is 2.46. The molecule has 11 nitrogen and oxygen atoms in total. The summed E-state index contributed by atoms with van der Waals surface area (Å²) in [7, 11) is -2.22. The van der Waals surface area contributed by atoms with Crippen LogP contribution in [0.4, 0.5) is 0 Å². The molecule has 0 unspecified atom stereocenters. The normalized spacial score (nSPS) is 29.2. The number of sulfonamides is 1. The van der Waals surface area contributed by atoms with Crippen molar-refractivity contribution in [2.75, 3.05) is 13.7 Å². The number of fused-ring (bicyclic) bond motifs is 2. The van der Waals surface area contributed by atoms with Crippen LogP contribution in [0.15, 0.2) is 36.4 Å². The largest absolute Gasteiger partial charge is 0.497 e. The van der Waals surface area contributed by atoms with E-state index >= 15 is 0 Å². The summed E-state index contributed by atoms with van der Waals surface area (Å²) in [6, 6.07) is 5.57. The molecule has 228 valence electrons. The molecule has 4 atom stereocenters. The first-order valence-electron chi connectivity index (χ1n) is 14.9. The van der Waals surface area contributed by atoms with Crippen molar-refractivity contribution in [3.63, 3.8) is 0 Å². The lowest BCUT2D eigenvalue weighted by atomic mass is 10.0. The van der Waals surface area contributed by atoms with Crippen LogP contribution >= 0.6 is 0 Å². The molecular weight excluding hydrogens is 560 g/mol. The quantitative estimate of drug-likeness (QED) is 0.403. The Labute approximate surface area is 246 Å². The second-order valence-electron chi connectivity index (χ2n) is 11.8. The third-order valence-electron chi connectivity index (χ3n) is 8.69. The van der Waals surface area contributed by atoms with E-state index < -0.39 is 44.7 Å². The summed E-state index contributed by atoms with van der Waals surface area (Å²) in [4.78, 5) is 55.2. The number of benzene rings is 1. The Hall–Kier alpha value is -3.41. The van der Waals surface area contributed by atoms with Crippen LogP contribution < -0.4 is 20.1 Å². The summed E-state index contributed by atoms with van der Waals surface area (Å²) in [5, 5.41) is 5.20. The molecule has 3 fully saturated rings. The maximum Gasteiger partial charge on any atom is 0.259 e. The minimum Gasteiger partial charge on any atom is -0.497 e. The van der Waals surface area contributed by atoms with Crippen molar-refractivity contribution < 1.29 is 32.3 Å². The molecule has 1 aromatic rings. The number of amides is 4. The van der Waals surface area contributed by atoms with Crippen LogP contribution in [-0.2, 0) is 35.6 Å². The number of allylic oxidation sites excluding steroid dienone is 1. The fraction of sp³-hybridized carbons (Fsp3) is 0.600. The smallest absolute Gasteiger partial charge is 0.259 e. The number of ether oxygens (including phenoxy) is 1. The molecule has 3 N–H and O–H groups in total. The highest BCUT2D eigenvalue weighted by Gasteiger charge is 2.61. The third-order valence-corrected chi connectivity index (χ3v) is 10.5. The molecule has 4 amide bonds. The van der Waals surface area contributed by atoms with Crippen LogP contribution in [0.25, 0.3) is 0 Å². The SMILES string of the molecule is COc1ccc(CC(=O)N[C@H]2CCCCC/C=C\[C@@H]3C[C@@]3(C(=O)NS(=O)(=O)C3CC3)NC(=O)[C@@H]3CCCN3C2=O)cc1. The average molecular weight is 601 g/mol. The number of hydrogen-bond donors (Lipinski definition) is 3. The molecule has 1 aromatic carbocycles. The van der Waals surface area contributed by atoms with E-state index in [0.29, 0.717) is 50.8 Å². The molecule has 2 saturated carbocycles. The molecule has 12 heteroatoms. The van der Waals surface area contributed by atoms with E-state index in [1.165, 1.54) is 4.90 Å². The predicted molar refractivity (Wildman–Crippen MR) is 155 cm³/mol. The Balaban J connectivity index is 1.31. The van der Waals surface area contributed by atoms with E-state index in [1.807, 2.05) is 12.2 Å². The van der Waals surface area contributed by atoms with Gasteiger partial charge in [0.25, 0.3) is 5.91 Å². The first-order chi connectivity index (χ1) is 20.1. The molecule has 5 rings (SSSR count). The molecule has 2 aliphatic heterocycles. The van der Waals surface area contributed by atoms with Gasteiger partial charge in [-0.1, -0.05) is 37.1 Å². The van der Waals surface area contributed by atoms with Crippen LogP contribution in [0, 0.1) is 5.92 Å². The highest BCUT2D eigenvalue weighted by molar-refractivity contribution is 7.91. The van der Waals surface area contributed by atoms with Crippen molar-refractivity contribution in [1.29, 1.82) is 0 Å². The van der Waals surface area contributed by atoms with Crippen LogP contribution in [0.5, 0.6) is 5.75 Å². The van der Waals surface area contributed by atoms with E-state index in [2.05, 4.69) is 15.4 Å². The fourth-order valence-electron chi connectivity index (χ4n) is 5.95. The molecule has 0 bridgehead atoms. The number of hydrogen-bond acceptors (Lipinski definition) is 7. The third kappa shape index (κ3) is 6.79.